The van der Waals surface area contributed by atoms with Crippen LogP contribution >= 0.6 is 11.8 Å². The Morgan fingerprint density at radius 1 is 1.21 bits per heavy atom. The minimum Gasteiger partial charge on any atom is -0.350 e. The van der Waals surface area contributed by atoms with E-state index in [0.717, 1.165) is 33.9 Å². The molecule has 0 spiro atoms. The van der Waals surface area contributed by atoms with Crippen LogP contribution in [-0.4, -0.2) is 54.7 Å². The summed E-state index contributed by atoms with van der Waals surface area (Å²) in [6, 6.07) is 11.5. The van der Waals surface area contributed by atoms with Crippen LogP contribution in [0.25, 0.3) is 11.8 Å². The lowest BCUT2D eigenvalue weighted by molar-refractivity contribution is -0.384. The molecule has 0 unspecified atom stereocenters. The number of nitro benzene ring substituents is 1. The maximum atomic E-state index is 12.6. The largest absolute Gasteiger partial charge is 0.350 e. The molecule has 1 N–H and O–H groups in total. The second-order valence-corrected chi connectivity index (χ2v) is 8.29. The molecule has 1 aliphatic rings. The van der Waals surface area contributed by atoms with E-state index in [0.29, 0.717) is 4.91 Å². The van der Waals surface area contributed by atoms with Crippen LogP contribution in [0, 0.1) is 17.0 Å². The molecule has 2 heterocycles. The number of carbonyl (C=O) groups is 3. The first-order chi connectivity index (χ1) is 16.3. The maximum Gasteiger partial charge on any atom is 0.295 e. The van der Waals surface area contributed by atoms with Crippen LogP contribution in [0.2, 0.25) is 0 Å². The number of thioether (sulfide) groups is 1. The molecule has 0 saturated carbocycles. The normalized spacial score (nSPS) is 14.6. The lowest BCUT2D eigenvalue weighted by Crippen LogP contribution is -2.37. The van der Waals surface area contributed by atoms with Gasteiger partial charge in [0, 0.05) is 24.7 Å². The number of amides is 3. The highest BCUT2D eigenvalue weighted by molar-refractivity contribution is 8.18. The lowest BCUT2D eigenvalue weighted by Gasteiger charge is -2.13. The van der Waals surface area contributed by atoms with E-state index in [1.54, 1.807) is 6.08 Å². The van der Waals surface area contributed by atoms with E-state index in [2.05, 4.69) is 15.4 Å². The van der Waals surface area contributed by atoms with E-state index in [4.69, 9.17) is 0 Å². The number of nitrogens with zero attached hydrogens (tertiary/aromatic N) is 5. The highest BCUT2D eigenvalue weighted by Crippen LogP contribution is 2.32. The van der Waals surface area contributed by atoms with Crippen molar-refractivity contribution in [1.29, 1.82) is 0 Å². The van der Waals surface area contributed by atoms with E-state index in [1.165, 1.54) is 29.5 Å². The van der Waals surface area contributed by atoms with Crippen LogP contribution in [0.5, 0.6) is 0 Å². The van der Waals surface area contributed by atoms with Gasteiger partial charge >= 0.3 is 0 Å². The molecule has 0 aliphatic carbocycles. The minimum absolute atomic E-state index is 0.00664. The fourth-order valence-electron chi connectivity index (χ4n) is 3.23. The third-order valence-corrected chi connectivity index (χ3v) is 5.88. The van der Waals surface area contributed by atoms with Gasteiger partial charge < -0.3 is 5.32 Å². The molecule has 1 aromatic heterocycles. The second kappa shape index (κ2) is 9.67. The van der Waals surface area contributed by atoms with Gasteiger partial charge in [0.15, 0.2) is 0 Å². The Bertz CT molecular complexity index is 1300. The highest BCUT2D eigenvalue weighted by Gasteiger charge is 2.34. The summed E-state index contributed by atoms with van der Waals surface area (Å²) in [6.45, 7) is 1.92. The summed E-state index contributed by atoms with van der Waals surface area (Å²) in [4.78, 5) is 53.4. The van der Waals surface area contributed by atoms with Crippen molar-refractivity contribution in [1.82, 2.24) is 25.0 Å². The van der Waals surface area contributed by atoms with Crippen LogP contribution in [-0.2, 0) is 4.79 Å². The van der Waals surface area contributed by atoms with Gasteiger partial charge in [-0.05, 0) is 42.5 Å². The van der Waals surface area contributed by atoms with Gasteiger partial charge in [-0.2, -0.15) is 5.10 Å². The number of aromatic nitrogens is 3. The smallest absolute Gasteiger partial charge is 0.295 e. The van der Waals surface area contributed by atoms with Crippen molar-refractivity contribution in [2.45, 2.75) is 6.92 Å². The van der Waals surface area contributed by atoms with Crippen molar-refractivity contribution in [2.75, 3.05) is 13.1 Å². The number of nitrogens with one attached hydrogen (secondary N) is 1. The molecule has 34 heavy (non-hydrogen) atoms. The van der Waals surface area contributed by atoms with Crippen molar-refractivity contribution in [3.05, 3.63) is 86.8 Å². The summed E-state index contributed by atoms with van der Waals surface area (Å²) in [5, 5.41) is 17.5. The number of hydrogen-bond donors (Lipinski definition) is 1. The van der Waals surface area contributed by atoms with Gasteiger partial charge in [-0.15, -0.1) is 0 Å². The summed E-state index contributed by atoms with van der Waals surface area (Å²) < 4.78 is 1.23. The average molecular weight is 478 g/mol. The molecule has 1 aliphatic heterocycles. The Balaban J connectivity index is 1.39. The van der Waals surface area contributed by atoms with E-state index >= 15 is 0 Å². The fourth-order valence-corrected chi connectivity index (χ4v) is 4.09. The Labute approximate surface area is 197 Å². The highest BCUT2D eigenvalue weighted by atomic mass is 32.2. The Hall–Kier alpha value is -4.32. The van der Waals surface area contributed by atoms with E-state index in [-0.39, 0.29) is 30.0 Å². The standard InChI is InChI=1S/C22H18N6O5S/c1-14-2-4-15(5-3-14)10-19-21(30)26(22(31)34-19)9-8-24-20(29)16-6-7-17(18(11-16)28(32)33)27-13-23-12-25-27/h2-7,10-13H,8-9H2,1H3,(H,24,29)/b19-10-. The molecule has 3 aromatic rings. The van der Waals surface area contributed by atoms with Crippen molar-refractivity contribution in [2.24, 2.45) is 0 Å². The Kier molecular flexibility index (Phi) is 6.50. The number of nitro groups is 1. The maximum absolute atomic E-state index is 12.6. The van der Waals surface area contributed by atoms with Gasteiger partial charge in [-0.25, -0.2) is 9.67 Å². The summed E-state index contributed by atoms with van der Waals surface area (Å²) in [5.41, 5.74) is 1.80. The predicted octanol–water partition coefficient (Wildman–Crippen LogP) is 2.95. The van der Waals surface area contributed by atoms with Gasteiger partial charge in [-0.1, -0.05) is 29.8 Å². The van der Waals surface area contributed by atoms with Crippen molar-refractivity contribution in [3.8, 4) is 5.69 Å². The first kappa shape index (κ1) is 22.9. The van der Waals surface area contributed by atoms with Crippen LogP contribution in [0.4, 0.5) is 10.5 Å². The fraction of sp³-hybridized carbons (Fsp3) is 0.136. The quantitative estimate of drug-likeness (QED) is 0.310. The van der Waals surface area contributed by atoms with Crippen LogP contribution in [0.3, 0.4) is 0 Å². The first-order valence-electron chi connectivity index (χ1n) is 10.1. The van der Waals surface area contributed by atoms with Crippen LogP contribution < -0.4 is 5.32 Å². The van der Waals surface area contributed by atoms with E-state index < -0.39 is 22.0 Å². The van der Waals surface area contributed by atoms with Crippen molar-refractivity contribution < 1.29 is 19.3 Å². The molecule has 2 aromatic carbocycles. The Morgan fingerprint density at radius 3 is 2.65 bits per heavy atom. The molecule has 0 atom stereocenters. The Morgan fingerprint density at radius 2 is 1.97 bits per heavy atom. The molecule has 0 radical (unpaired) electrons. The van der Waals surface area contributed by atoms with E-state index in [9.17, 15) is 24.5 Å². The summed E-state index contributed by atoms with van der Waals surface area (Å²) in [6.07, 6.45) is 4.20. The minimum atomic E-state index is -0.617. The molecular formula is C22H18N6O5S. The monoisotopic (exact) mass is 478 g/mol. The molecule has 1 fully saturated rings. The van der Waals surface area contributed by atoms with Gasteiger partial charge in [-0.3, -0.25) is 29.4 Å². The molecule has 3 amide bonds. The topological polar surface area (TPSA) is 140 Å². The summed E-state index contributed by atoms with van der Waals surface area (Å²) in [5.74, 6) is -1.01. The number of aryl methyl sites for hydroxylation is 1. The lowest BCUT2D eigenvalue weighted by atomic mass is 10.1. The molecule has 0 bridgehead atoms. The van der Waals surface area contributed by atoms with Crippen molar-refractivity contribution in [3.63, 3.8) is 0 Å². The number of carbonyl (C=O) groups excluding carboxylic acids is 3. The third kappa shape index (κ3) is 4.86. The molecule has 4 rings (SSSR count). The van der Waals surface area contributed by atoms with Gasteiger partial charge in [0.2, 0.25) is 0 Å². The second-order valence-electron chi connectivity index (χ2n) is 7.30. The van der Waals surface area contributed by atoms with Crippen molar-refractivity contribution >= 4 is 40.6 Å². The first-order valence-corrected chi connectivity index (χ1v) is 10.9. The van der Waals surface area contributed by atoms with Gasteiger partial charge in [0.05, 0.1) is 9.83 Å². The molecule has 1 saturated heterocycles. The SMILES string of the molecule is Cc1ccc(/C=C2\SC(=O)N(CCNC(=O)c3ccc(-n4cncn4)c([N+](=O)[O-])c3)C2=O)cc1. The predicted molar refractivity (Wildman–Crippen MR) is 124 cm³/mol. The average Bonchev–Trinajstić information content (AvgIpc) is 3.44. The van der Waals surface area contributed by atoms with Crippen LogP contribution in [0.1, 0.15) is 21.5 Å². The number of rotatable bonds is 7. The third-order valence-electron chi connectivity index (χ3n) is 4.97. The summed E-state index contributed by atoms with van der Waals surface area (Å²) in [7, 11) is 0. The van der Waals surface area contributed by atoms with Crippen LogP contribution in [0.15, 0.2) is 60.0 Å². The summed E-state index contributed by atoms with van der Waals surface area (Å²) >= 11 is 0.839. The zero-order chi connectivity index (χ0) is 24.2. The number of benzene rings is 2. The zero-order valence-electron chi connectivity index (χ0n) is 17.9. The molecule has 11 nitrogen and oxygen atoms in total. The molecule has 172 valence electrons. The molecule has 12 heteroatoms. The number of imide groups is 1. The zero-order valence-corrected chi connectivity index (χ0v) is 18.7. The number of hydrogen-bond acceptors (Lipinski definition) is 8. The molecular weight excluding hydrogens is 460 g/mol. The van der Waals surface area contributed by atoms with E-state index in [1.807, 2.05) is 31.2 Å². The van der Waals surface area contributed by atoms with Gasteiger partial charge in [0.1, 0.15) is 18.3 Å². The van der Waals surface area contributed by atoms with Gasteiger partial charge in [0.25, 0.3) is 22.7 Å².